The first kappa shape index (κ1) is 22.7. The highest BCUT2D eigenvalue weighted by molar-refractivity contribution is 7.92. The van der Waals surface area contributed by atoms with E-state index in [1.807, 2.05) is 12.1 Å². The lowest BCUT2D eigenvalue weighted by Gasteiger charge is -2.39. The van der Waals surface area contributed by atoms with Crippen LogP contribution in [0.2, 0.25) is 5.02 Å². The Morgan fingerprint density at radius 1 is 1.00 bits per heavy atom. The van der Waals surface area contributed by atoms with Crippen molar-refractivity contribution in [3.05, 3.63) is 64.8 Å². The van der Waals surface area contributed by atoms with Crippen LogP contribution < -0.4 is 10.3 Å². The number of carbonyl (C=O) groups is 1. The highest BCUT2D eigenvalue weighted by atomic mass is 35.5. The van der Waals surface area contributed by atoms with Crippen molar-refractivity contribution in [3.63, 3.8) is 0 Å². The number of anilines is 1. The number of nitrogens with one attached hydrogen (secondary N) is 1. The molecule has 1 amide bonds. The first-order valence-corrected chi connectivity index (χ1v) is 12.4. The van der Waals surface area contributed by atoms with Gasteiger partial charge < -0.3 is 4.90 Å². The Labute approximate surface area is 193 Å². The molecule has 4 rings (SSSR count). The van der Waals surface area contributed by atoms with E-state index in [1.54, 1.807) is 41.7 Å². The second-order valence-electron chi connectivity index (χ2n) is 7.87. The summed E-state index contributed by atoms with van der Waals surface area (Å²) in [6.45, 7) is 2.18. The molecular weight excluding hydrogens is 450 g/mol. The molecule has 2 aromatic rings. The summed E-state index contributed by atoms with van der Waals surface area (Å²) in [6, 6.07) is 11.1. The number of piperazine rings is 1. The molecule has 170 valence electrons. The molecule has 0 unspecified atom stereocenters. The van der Waals surface area contributed by atoms with Crippen LogP contribution in [0.5, 0.6) is 0 Å². The molecule has 3 heterocycles. The molecule has 2 saturated heterocycles. The molecule has 0 atom stereocenters. The molecule has 0 aliphatic carbocycles. The molecule has 2 aliphatic rings. The molecule has 1 aromatic carbocycles. The second-order valence-corrected chi connectivity index (χ2v) is 10.1. The van der Waals surface area contributed by atoms with Crippen LogP contribution in [0, 0.1) is 0 Å². The summed E-state index contributed by atoms with van der Waals surface area (Å²) < 4.78 is 26.5. The van der Waals surface area contributed by atoms with E-state index in [1.165, 1.54) is 10.4 Å². The Morgan fingerprint density at radius 3 is 2.34 bits per heavy atom. The smallest absolute Gasteiger partial charge is 0.252 e. The van der Waals surface area contributed by atoms with Crippen molar-refractivity contribution >= 4 is 39.3 Å². The number of carbonyl (C=O) groups excluding carboxylic acids is 1. The number of amides is 1. The predicted octanol–water partition coefficient (Wildman–Crippen LogP) is 2.35. The number of pyridine rings is 1. The maximum Gasteiger partial charge on any atom is 0.252 e. The number of halogens is 1. The molecule has 0 bridgehead atoms. The van der Waals surface area contributed by atoms with E-state index in [-0.39, 0.29) is 25.0 Å². The Balaban J connectivity index is 1.28. The van der Waals surface area contributed by atoms with Crippen LogP contribution in [0.25, 0.3) is 6.08 Å². The summed E-state index contributed by atoms with van der Waals surface area (Å²) >= 11 is 5.85. The van der Waals surface area contributed by atoms with Gasteiger partial charge in [-0.15, -0.1) is 0 Å². The van der Waals surface area contributed by atoms with Gasteiger partial charge in [0.05, 0.1) is 13.1 Å². The normalized spacial score (nSPS) is 19.1. The van der Waals surface area contributed by atoms with E-state index in [2.05, 4.69) is 15.3 Å². The lowest BCUT2D eigenvalue weighted by molar-refractivity contribution is -0.138. The average Bonchev–Trinajstić information content (AvgIpc) is 2.81. The standard InChI is InChI=1S/C22H26ClN5O3S/c23-19-3-1-18(2-4-19)9-16-32(30,31)27-14-15-28(22(29)17-27)25-20-7-12-26(13-8-20)21-5-10-24-11-6-21/h1-6,9-11,16,20,25H,7-8,12-15,17H2. The van der Waals surface area contributed by atoms with Crippen molar-refractivity contribution in [1.29, 1.82) is 0 Å². The van der Waals surface area contributed by atoms with Crippen molar-refractivity contribution in [2.45, 2.75) is 18.9 Å². The SMILES string of the molecule is O=C1CN(S(=O)(=O)C=Cc2ccc(Cl)cc2)CCN1NC1CCN(c2ccncc2)CC1. The molecule has 0 saturated carbocycles. The fourth-order valence-corrected chi connectivity index (χ4v) is 5.13. The van der Waals surface area contributed by atoms with Crippen LogP contribution in [-0.4, -0.2) is 67.4 Å². The Hall–Kier alpha value is -2.46. The molecule has 1 N–H and O–H groups in total. The fraction of sp³-hybridized carbons (Fsp3) is 0.364. The summed E-state index contributed by atoms with van der Waals surface area (Å²) in [7, 11) is -3.69. The van der Waals surface area contributed by atoms with Crippen molar-refractivity contribution in [2.75, 3.05) is 37.6 Å². The zero-order valence-corrected chi connectivity index (χ0v) is 19.2. The summed E-state index contributed by atoms with van der Waals surface area (Å²) in [5, 5.41) is 3.30. The van der Waals surface area contributed by atoms with Gasteiger partial charge in [-0.1, -0.05) is 23.7 Å². The van der Waals surface area contributed by atoms with Crippen LogP contribution >= 0.6 is 11.6 Å². The number of rotatable bonds is 6. The number of hydrazine groups is 1. The number of nitrogens with zero attached hydrogens (tertiary/aromatic N) is 4. The maximum atomic E-state index is 12.7. The minimum atomic E-state index is -3.69. The lowest BCUT2D eigenvalue weighted by Crippen LogP contribution is -2.59. The molecular formula is C22H26ClN5O3S. The minimum absolute atomic E-state index is 0.170. The van der Waals surface area contributed by atoms with Gasteiger partial charge in [-0.3, -0.25) is 14.8 Å². The highest BCUT2D eigenvalue weighted by Crippen LogP contribution is 2.20. The fourth-order valence-electron chi connectivity index (χ4n) is 3.87. The average molecular weight is 476 g/mol. The summed E-state index contributed by atoms with van der Waals surface area (Å²) in [6.07, 6.45) is 6.89. The van der Waals surface area contributed by atoms with Gasteiger partial charge in [0.2, 0.25) is 10.0 Å². The van der Waals surface area contributed by atoms with E-state index in [0.717, 1.165) is 42.6 Å². The molecule has 32 heavy (non-hydrogen) atoms. The monoisotopic (exact) mass is 475 g/mol. The Kier molecular flexibility index (Phi) is 7.10. The zero-order valence-electron chi connectivity index (χ0n) is 17.6. The maximum absolute atomic E-state index is 12.7. The molecule has 0 spiro atoms. The minimum Gasteiger partial charge on any atom is -0.371 e. The number of sulfonamides is 1. The van der Waals surface area contributed by atoms with E-state index in [9.17, 15) is 13.2 Å². The lowest BCUT2D eigenvalue weighted by atomic mass is 10.1. The molecule has 8 nitrogen and oxygen atoms in total. The molecule has 2 aliphatic heterocycles. The Morgan fingerprint density at radius 2 is 1.69 bits per heavy atom. The van der Waals surface area contributed by atoms with Gasteiger partial charge in [0, 0.05) is 54.2 Å². The van der Waals surface area contributed by atoms with E-state index >= 15 is 0 Å². The number of piperidine rings is 1. The van der Waals surface area contributed by atoms with E-state index in [0.29, 0.717) is 11.6 Å². The molecule has 10 heteroatoms. The van der Waals surface area contributed by atoms with Gasteiger partial charge in [-0.2, -0.15) is 4.31 Å². The third kappa shape index (κ3) is 5.66. The molecule has 1 aromatic heterocycles. The van der Waals surface area contributed by atoms with Crippen molar-refractivity contribution in [3.8, 4) is 0 Å². The summed E-state index contributed by atoms with van der Waals surface area (Å²) in [5.74, 6) is -0.240. The topological polar surface area (TPSA) is 85.8 Å². The summed E-state index contributed by atoms with van der Waals surface area (Å²) in [5.41, 5.74) is 5.18. The quantitative estimate of drug-likeness (QED) is 0.690. The van der Waals surface area contributed by atoms with Crippen LogP contribution in [0.15, 0.2) is 54.2 Å². The first-order valence-electron chi connectivity index (χ1n) is 10.6. The number of hydrogen-bond acceptors (Lipinski definition) is 6. The third-order valence-corrected chi connectivity index (χ3v) is 7.47. The van der Waals surface area contributed by atoms with Crippen LogP contribution in [0.4, 0.5) is 5.69 Å². The van der Waals surface area contributed by atoms with E-state index < -0.39 is 10.0 Å². The largest absolute Gasteiger partial charge is 0.371 e. The second kappa shape index (κ2) is 9.99. The van der Waals surface area contributed by atoms with Crippen LogP contribution in [0.3, 0.4) is 0 Å². The van der Waals surface area contributed by atoms with Crippen molar-refractivity contribution in [2.24, 2.45) is 0 Å². The van der Waals surface area contributed by atoms with Gasteiger partial charge in [0.25, 0.3) is 5.91 Å². The summed E-state index contributed by atoms with van der Waals surface area (Å²) in [4.78, 5) is 19.0. The number of hydrogen-bond donors (Lipinski definition) is 1. The van der Waals surface area contributed by atoms with Crippen molar-refractivity contribution in [1.82, 2.24) is 19.7 Å². The molecule has 2 fully saturated rings. The van der Waals surface area contributed by atoms with Gasteiger partial charge in [-0.05, 0) is 48.7 Å². The predicted molar refractivity (Wildman–Crippen MR) is 125 cm³/mol. The third-order valence-electron chi connectivity index (χ3n) is 5.71. The zero-order chi connectivity index (χ0) is 22.6. The number of aromatic nitrogens is 1. The molecule has 0 radical (unpaired) electrons. The van der Waals surface area contributed by atoms with Gasteiger partial charge >= 0.3 is 0 Å². The first-order chi connectivity index (χ1) is 15.4. The van der Waals surface area contributed by atoms with Gasteiger partial charge in [-0.25, -0.2) is 13.8 Å². The van der Waals surface area contributed by atoms with Gasteiger partial charge in [0.15, 0.2) is 0 Å². The van der Waals surface area contributed by atoms with E-state index in [4.69, 9.17) is 11.6 Å². The van der Waals surface area contributed by atoms with Gasteiger partial charge in [0.1, 0.15) is 0 Å². The van der Waals surface area contributed by atoms with Crippen molar-refractivity contribution < 1.29 is 13.2 Å². The van der Waals surface area contributed by atoms with Crippen LogP contribution in [0.1, 0.15) is 18.4 Å². The Bertz CT molecular complexity index is 1050. The highest BCUT2D eigenvalue weighted by Gasteiger charge is 2.32. The number of benzene rings is 1. The van der Waals surface area contributed by atoms with Crippen LogP contribution in [-0.2, 0) is 14.8 Å².